The van der Waals surface area contributed by atoms with Crippen molar-refractivity contribution < 1.29 is 13.9 Å². The lowest BCUT2D eigenvalue weighted by atomic mass is 10.2. The zero-order valence-corrected chi connectivity index (χ0v) is 15.0. The summed E-state index contributed by atoms with van der Waals surface area (Å²) in [6, 6.07) is 12.7. The lowest BCUT2D eigenvalue weighted by Crippen LogP contribution is -2.24. The smallest absolute Gasteiger partial charge is 0.278 e. The fourth-order valence-corrected chi connectivity index (χ4v) is 3.52. The maximum atomic E-state index is 12.9. The van der Waals surface area contributed by atoms with Crippen molar-refractivity contribution in [2.24, 2.45) is 0 Å². The highest BCUT2D eigenvalue weighted by molar-refractivity contribution is 5.96. The molecule has 0 atom stereocenters. The second-order valence-electron chi connectivity index (χ2n) is 6.56. The van der Waals surface area contributed by atoms with E-state index in [1.54, 1.807) is 36.5 Å². The highest BCUT2D eigenvalue weighted by Gasteiger charge is 2.33. The maximum absolute atomic E-state index is 12.9. The van der Waals surface area contributed by atoms with E-state index >= 15 is 0 Å². The van der Waals surface area contributed by atoms with Gasteiger partial charge in [0.2, 0.25) is 0 Å². The molecule has 0 radical (unpaired) electrons. The first kappa shape index (κ1) is 16.4. The Hall–Kier alpha value is -3.81. The monoisotopic (exact) mass is 376 g/mol. The molecule has 8 nitrogen and oxygen atoms in total. The van der Waals surface area contributed by atoms with Crippen LogP contribution >= 0.6 is 0 Å². The van der Waals surface area contributed by atoms with Gasteiger partial charge in [-0.3, -0.25) is 14.7 Å². The van der Waals surface area contributed by atoms with Crippen LogP contribution in [-0.4, -0.2) is 32.5 Å². The van der Waals surface area contributed by atoms with E-state index in [9.17, 15) is 9.59 Å². The summed E-state index contributed by atoms with van der Waals surface area (Å²) in [6.45, 7) is 0.547. The van der Waals surface area contributed by atoms with Gasteiger partial charge >= 0.3 is 0 Å². The van der Waals surface area contributed by atoms with Crippen LogP contribution in [0.2, 0.25) is 0 Å². The fraction of sp³-hybridized carbons (Fsp3) is 0.150. The Morgan fingerprint density at radius 1 is 1.21 bits per heavy atom. The first-order valence-corrected chi connectivity index (χ1v) is 8.75. The van der Waals surface area contributed by atoms with Crippen molar-refractivity contribution >= 4 is 11.6 Å². The predicted molar refractivity (Wildman–Crippen MR) is 100 cm³/mol. The normalized spacial score (nSPS) is 13.3. The van der Waals surface area contributed by atoms with E-state index in [0.29, 0.717) is 35.0 Å². The van der Waals surface area contributed by atoms with Crippen molar-refractivity contribution in [2.75, 3.05) is 7.11 Å². The van der Waals surface area contributed by atoms with Gasteiger partial charge in [-0.1, -0.05) is 18.2 Å². The van der Waals surface area contributed by atoms with E-state index in [4.69, 9.17) is 9.15 Å². The minimum atomic E-state index is -0.284. The van der Waals surface area contributed by atoms with Gasteiger partial charge in [0, 0.05) is 11.6 Å². The molecule has 1 aromatic carbocycles. The lowest BCUT2D eigenvalue weighted by molar-refractivity contribution is 0.0761. The number of para-hydroxylation sites is 1. The number of amides is 1. The summed E-state index contributed by atoms with van der Waals surface area (Å²) in [7, 11) is 1.59. The fourth-order valence-electron chi connectivity index (χ4n) is 3.52. The third-order valence-corrected chi connectivity index (χ3v) is 4.89. The second-order valence-corrected chi connectivity index (χ2v) is 6.56. The number of benzene rings is 1. The molecule has 0 saturated carbocycles. The molecule has 140 valence electrons. The van der Waals surface area contributed by atoms with Crippen LogP contribution in [0.5, 0.6) is 5.75 Å². The Labute approximate surface area is 159 Å². The Bertz CT molecular complexity index is 1250. The zero-order valence-electron chi connectivity index (χ0n) is 15.0. The van der Waals surface area contributed by atoms with Crippen LogP contribution in [0.1, 0.15) is 21.6 Å². The summed E-state index contributed by atoms with van der Waals surface area (Å²) in [4.78, 5) is 31.8. The van der Waals surface area contributed by atoms with Gasteiger partial charge in [-0.2, -0.15) is 0 Å². The number of carbonyl (C=O) groups is 1. The molecule has 0 fully saturated rings. The van der Waals surface area contributed by atoms with Gasteiger partial charge in [-0.25, -0.2) is 9.50 Å². The summed E-state index contributed by atoms with van der Waals surface area (Å²) in [5.74, 6) is 1.03. The van der Waals surface area contributed by atoms with Crippen molar-refractivity contribution in [1.29, 1.82) is 0 Å². The number of fused-ring (bicyclic) bond motifs is 2. The van der Waals surface area contributed by atoms with Crippen LogP contribution in [-0.2, 0) is 13.1 Å². The number of nitrogens with zero attached hydrogens (tertiary/aromatic N) is 3. The van der Waals surface area contributed by atoms with E-state index in [2.05, 4.69) is 10.1 Å². The minimum absolute atomic E-state index is 0.199. The van der Waals surface area contributed by atoms with E-state index in [1.165, 1.54) is 4.52 Å². The molecule has 1 aliphatic heterocycles. The number of rotatable bonds is 4. The van der Waals surface area contributed by atoms with E-state index in [0.717, 1.165) is 5.56 Å². The van der Waals surface area contributed by atoms with Crippen LogP contribution in [0.25, 0.3) is 17.1 Å². The van der Waals surface area contributed by atoms with Crippen molar-refractivity contribution in [1.82, 2.24) is 19.5 Å². The molecule has 1 aliphatic rings. The lowest BCUT2D eigenvalue weighted by Gasteiger charge is -2.17. The Kier molecular flexibility index (Phi) is 3.58. The Morgan fingerprint density at radius 3 is 2.86 bits per heavy atom. The molecule has 0 aliphatic carbocycles. The van der Waals surface area contributed by atoms with E-state index < -0.39 is 0 Å². The van der Waals surface area contributed by atoms with Gasteiger partial charge in [0.1, 0.15) is 17.1 Å². The first-order valence-electron chi connectivity index (χ1n) is 8.75. The van der Waals surface area contributed by atoms with Gasteiger partial charge in [0.15, 0.2) is 11.4 Å². The topological polar surface area (TPSA) is 92.8 Å². The van der Waals surface area contributed by atoms with Crippen LogP contribution in [0.15, 0.2) is 57.9 Å². The number of nitrogens with one attached hydrogen (secondary N) is 1. The summed E-state index contributed by atoms with van der Waals surface area (Å²) in [5.41, 5.74) is 2.17. The summed E-state index contributed by atoms with van der Waals surface area (Å²) < 4.78 is 12.1. The molecule has 8 heteroatoms. The van der Waals surface area contributed by atoms with Crippen molar-refractivity contribution in [2.45, 2.75) is 13.1 Å². The number of H-pyrrole nitrogens is 1. The molecular weight excluding hydrogens is 360 g/mol. The van der Waals surface area contributed by atoms with Gasteiger partial charge in [0.05, 0.1) is 32.0 Å². The molecule has 1 amide bonds. The molecule has 0 bridgehead atoms. The van der Waals surface area contributed by atoms with Crippen molar-refractivity contribution in [3.05, 3.63) is 75.9 Å². The molecule has 4 aromatic rings. The number of hydrogen-bond donors (Lipinski definition) is 1. The number of methoxy groups -OCH3 is 1. The number of aromatic amines is 1. The number of hydrogen-bond acceptors (Lipinski definition) is 5. The van der Waals surface area contributed by atoms with Gasteiger partial charge in [-0.15, -0.1) is 0 Å². The Morgan fingerprint density at radius 2 is 2.07 bits per heavy atom. The van der Waals surface area contributed by atoms with Crippen LogP contribution in [0.4, 0.5) is 0 Å². The average molecular weight is 376 g/mol. The van der Waals surface area contributed by atoms with Gasteiger partial charge < -0.3 is 14.1 Å². The Balaban J connectivity index is 1.53. The minimum Gasteiger partial charge on any atom is -0.496 e. The molecule has 28 heavy (non-hydrogen) atoms. The van der Waals surface area contributed by atoms with E-state index in [-0.39, 0.29) is 23.7 Å². The number of aromatic nitrogens is 3. The van der Waals surface area contributed by atoms with Gasteiger partial charge in [0.25, 0.3) is 11.5 Å². The highest BCUT2D eigenvalue weighted by atomic mass is 16.5. The molecule has 3 aromatic heterocycles. The number of furan rings is 1. The third-order valence-electron chi connectivity index (χ3n) is 4.89. The zero-order chi connectivity index (χ0) is 19.3. The molecule has 4 heterocycles. The standard InChI is InChI=1S/C20H16N4O4/c1-27-15-6-3-2-5-12(15)10-23-11-13-18(20(23)26)21-17-9-14(16-7-4-8-28-16)22-24(17)19(13)25/h2-9,22H,10-11H2,1H3. The highest BCUT2D eigenvalue weighted by Crippen LogP contribution is 2.26. The van der Waals surface area contributed by atoms with Crippen LogP contribution in [0, 0.1) is 0 Å². The predicted octanol–water partition coefficient (Wildman–Crippen LogP) is 2.45. The molecular formula is C20H16N4O4. The van der Waals surface area contributed by atoms with Crippen molar-refractivity contribution in [3.8, 4) is 17.2 Å². The third kappa shape index (κ3) is 2.42. The molecule has 5 rings (SSSR count). The quantitative estimate of drug-likeness (QED) is 0.591. The molecule has 0 spiro atoms. The average Bonchev–Trinajstić information content (AvgIpc) is 3.43. The SMILES string of the molecule is COc1ccccc1CN1Cc2c(nc3cc(-c4ccco4)[nH]n3c2=O)C1=O. The molecule has 0 unspecified atom stereocenters. The van der Waals surface area contributed by atoms with Crippen LogP contribution in [0.3, 0.4) is 0 Å². The molecule has 1 N–H and O–H groups in total. The number of carbonyl (C=O) groups excluding carboxylic acids is 1. The summed E-state index contributed by atoms with van der Waals surface area (Å²) in [6.07, 6.45) is 1.55. The first-order chi connectivity index (χ1) is 13.7. The second kappa shape index (κ2) is 6.12. The number of ether oxygens (including phenoxy) is 1. The molecule has 0 saturated heterocycles. The maximum Gasteiger partial charge on any atom is 0.278 e. The summed E-state index contributed by atoms with van der Waals surface area (Å²) in [5, 5.41) is 2.99. The van der Waals surface area contributed by atoms with Crippen LogP contribution < -0.4 is 10.3 Å². The largest absolute Gasteiger partial charge is 0.496 e. The van der Waals surface area contributed by atoms with Crippen molar-refractivity contribution in [3.63, 3.8) is 0 Å². The summed E-state index contributed by atoms with van der Waals surface area (Å²) >= 11 is 0. The van der Waals surface area contributed by atoms with E-state index in [1.807, 2.05) is 24.3 Å². The van der Waals surface area contributed by atoms with Gasteiger partial charge in [-0.05, 0) is 18.2 Å².